The van der Waals surface area contributed by atoms with Gasteiger partial charge in [-0.1, -0.05) is 12.1 Å². The lowest BCUT2D eigenvalue weighted by Gasteiger charge is -2.36. The average Bonchev–Trinajstić information content (AvgIpc) is 3.00. The van der Waals surface area contributed by atoms with Gasteiger partial charge in [-0.25, -0.2) is 18.0 Å². The van der Waals surface area contributed by atoms with Gasteiger partial charge in [-0.05, 0) is 69.6 Å². The summed E-state index contributed by atoms with van der Waals surface area (Å²) in [6.07, 6.45) is 7.85. The lowest BCUT2D eigenvalue weighted by molar-refractivity contribution is -0.384. The van der Waals surface area contributed by atoms with Crippen molar-refractivity contribution in [1.29, 1.82) is 0 Å². The first-order valence-corrected chi connectivity index (χ1v) is 15.0. The number of unbranched alkanes of at least 4 members (excludes halogenated alkanes) is 1. The second kappa shape index (κ2) is 15.7. The van der Waals surface area contributed by atoms with Crippen LogP contribution in [0.25, 0.3) is 10.8 Å². The predicted molar refractivity (Wildman–Crippen MR) is 158 cm³/mol. The third-order valence-electron chi connectivity index (χ3n) is 6.92. The molecule has 1 saturated heterocycles. The predicted octanol–water partition coefficient (Wildman–Crippen LogP) is 3.80. The molecule has 0 atom stereocenters. The van der Waals surface area contributed by atoms with E-state index in [9.17, 15) is 28.1 Å². The van der Waals surface area contributed by atoms with Gasteiger partial charge >= 0.3 is 11.9 Å². The molecule has 3 aromatic rings. The summed E-state index contributed by atoms with van der Waals surface area (Å²) >= 11 is 0. The summed E-state index contributed by atoms with van der Waals surface area (Å²) in [5.41, 5.74) is 0.0496. The number of carbonyl (C=O) groups is 2. The summed E-state index contributed by atoms with van der Waals surface area (Å²) in [6.45, 7) is 3.19. The lowest BCUT2D eigenvalue weighted by atomic mass is 10.1. The Labute approximate surface area is 249 Å². The smallest absolute Gasteiger partial charge is 0.328 e. The molecule has 0 amide bonds. The van der Waals surface area contributed by atoms with Crippen molar-refractivity contribution in [3.8, 4) is 5.75 Å². The van der Waals surface area contributed by atoms with Crippen molar-refractivity contribution in [2.45, 2.75) is 36.6 Å². The van der Waals surface area contributed by atoms with E-state index in [0.717, 1.165) is 50.7 Å². The summed E-state index contributed by atoms with van der Waals surface area (Å²) in [6, 6.07) is 13.1. The highest BCUT2D eigenvalue weighted by Gasteiger charge is 2.31. The SMILES string of the molecule is CN(C1CCN(CCCCOc2ccc([N+](=O)[O-])cc2)CC1)S(=O)(=O)c1cccc2cnccc12.O=C(O)C=CC(=O)O. The van der Waals surface area contributed by atoms with Crippen molar-refractivity contribution in [2.24, 2.45) is 0 Å². The number of nitro benzene ring substituents is 1. The van der Waals surface area contributed by atoms with E-state index >= 15 is 0 Å². The van der Waals surface area contributed by atoms with E-state index in [2.05, 4.69) is 9.88 Å². The molecule has 0 unspecified atom stereocenters. The second-order valence-electron chi connectivity index (χ2n) is 9.76. The summed E-state index contributed by atoms with van der Waals surface area (Å²) in [5.74, 6) is -1.89. The van der Waals surface area contributed by atoms with E-state index in [1.54, 1.807) is 49.8 Å². The van der Waals surface area contributed by atoms with Gasteiger partial charge in [0.1, 0.15) is 5.75 Å². The Bertz CT molecular complexity index is 1520. The van der Waals surface area contributed by atoms with Gasteiger partial charge in [0.15, 0.2) is 0 Å². The Morgan fingerprint density at radius 3 is 2.33 bits per heavy atom. The monoisotopic (exact) mass is 614 g/mol. The average molecular weight is 615 g/mol. The first-order valence-electron chi connectivity index (χ1n) is 13.5. The molecule has 230 valence electrons. The Morgan fingerprint density at radius 1 is 1.07 bits per heavy atom. The number of pyridine rings is 1. The minimum atomic E-state index is -3.61. The van der Waals surface area contributed by atoms with Gasteiger partial charge in [-0.2, -0.15) is 4.31 Å². The van der Waals surface area contributed by atoms with Crippen molar-refractivity contribution in [3.63, 3.8) is 0 Å². The topological polar surface area (TPSA) is 180 Å². The Kier molecular flexibility index (Phi) is 12.1. The van der Waals surface area contributed by atoms with E-state index < -0.39 is 26.9 Å². The first-order chi connectivity index (χ1) is 20.5. The Hall–Kier alpha value is -4.40. The number of nitro groups is 1. The highest BCUT2D eigenvalue weighted by atomic mass is 32.2. The van der Waals surface area contributed by atoms with Crippen LogP contribution in [0.1, 0.15) is 25.7 Å². The molecule has 14 heteroatoms. The van der Waals surface area contributed by atoms with E-state index in [-0.39, 0.29) is 11.7 Å². The number of likely N-dealkylation sites (tertiary alicyclic amines) is 1. The van der Waals surface area contributed by atoms with Crippen LogP contribution in [0, 0.1) is 10.1 Å². The maximum atomic E-state index is 13.4. The van der Waals surface area contributed by atoms with E-state index in [0.29, 0.717) is 34.8 Å². The number of sulfonamides is 1. The molecule has 1 aliphatic rings. The number of ether oxygens (including phenoxy) is 1. The number of carboxylic acid groups (broad SMARTS) is 2. The van der Waals surface area contributed by atoms with Crippen LogP contribution in [0.15, 0.2) is 78.0 Å². The summed E-state index contributed by atoms with van der Waals surface area (Å²) in [4.78, 5) is 36.2. The molecule has 2 N–H and O–H groups in total. The van der Waals surface area contributed by atoms with Crippen molar-refractivity contribution >= 4 is 38.4 Å². The van der Waals surface area contributed by atoms with Crippen LogP contribution in [0.2, 0.25) is 0 Å². The molecule has 0 radical (unpaired) electrons. The highest BCUT2D eigenvalue weighted by molar-refractivity contribution is 7.89. The number of carboxylic acids is 2. The van der Waals surface area contributed by atoms with Gasteiger partial charge in [-0.15, -0.1) is 0 Å². The Morgan fingerprint density at radius 2 is 1.72 bits per heavy atom. The van der Waals surface area contributed by atoms with Gasteiger partial charge in [-0.3, -0.25) is 15.1 Å². The van der Waals surface area contributed by atoms with Crippen LogP contribution in [0.5, 0.6) is 5.75 Å². The molecule has 1 aromatic heterocycles. The summed E-state index contributed by atoms with van der Waals surface area (Å²) < 4.78 is 34.0. The van der Waals surface area contributed by atoms with Crippen LogP contribution >= 0.6 is 0 Å². The minimum absolute atomic E-state index is 0.0289. The van der Waals surface area contributed by atoms with Crippen molar-refractivity contribution in [2.75, 3.05) is 33.3 Å². The number of piperidine rings is 1. The van der Waals surface area contributed by atoms with Crippen LogP contribution < -0.4 is 4.74 Å². The number of aliphatic carboxylic acids is 2. The van der Waals surface area contributed by atoms with E-state index in [1.807, 2.05) is 6.07 Å². The number of hydrogen-bond acceptors (Lipinski definition) is 9. The quantitative estimate of drug-likeness (QED) is 0.131. The molecule has 1 fully saturated rings. The number of hydrogen-bond donors (Lipinski definition) is 2. The molecule has 1 aliphatic heterocycles. The molecule has 0 saturated carbocycles. The van der Waals surface area contributed by atoms with Crippen LogP contribution in [-0.2, 0) is 19.6 Å². The maximum absolute atomic E-state index is 13.4. The number of fused-ring (bicyclic) bond motifs is 1. The lowest BCUT2D eigenvalue weighted by Crippen LogP contribution is -2.45. The number of aromatic nitrogens is 1. The maximum Gasteiger partial charge on any atom is 0.328 e. The van der Waals surface area contributed by atoms with Crippen molar-refractivity contribution in [3.05, 3.63) is 83.2 Å². The number of rotatable bonds is 12. The standard InChI is InChI=1S/C25H30N4O5S.C4H4O4/c1-27(35(32,33)25-6-4-5-20-19-26-14-11-24(20)25)21-12-16-28(17-13-21)15-2-3-18-34-23-9-7-22(8-10-23)29(30)31;5-3(6)1-2-4(7)8/h4-11,14,19,21H,2-3,12-13,15-18H2,1H3;1-2H,(H,5,6)(H,7,8). The zero-order valence-electron chi connectivity index (χ0n) is 23.6. The fraction of sp³-hybridized carbons (Fsp3) is 0.345. The number of nitrogens with zero attached hydrogens (tertiary/aromatic N) is 4. The normalized spacial score (nSPS) is 14.4. The fourth-order valence-corrected chi connectivity index (χ4v) is 6.24. The van der Waals surface area contributed by atoms with Gasteiger partial charge in [0, 0.05) is 60.5 Å². The van der Waals surface area contributed by atoms with E-state index in [4.69, 9.17) is 14.9 Å². The minimum Gasteiger partial charge on any atom is -0.494 e. The van der Waals surface area contributed by atoms with Crippen molar-refractivity contribution < 1.29 is 37.9 Å². The molecular formula is C29H34N4O9S. The molecule has 0 spiro atoms. The molecule has 4 rings (SSSR count). The van der Waals surface area contributed by atoms with Crippen LogP contribution in [0.4, 0.5) is 5.69 Å². The third kappa shape index (κ3) is 9.84. The van der Waals surface area contributed by atoms with E-state index in [1.165, 1.54) is 16.4 Å². The molecule has 2 aromatic carbocycles. The second-order valence-corrected chi connectivity index (χ2v) is 11.7. The van der Waals surface area contributed by atoms with Gasteiger partial charge < -0.3 is 19.8 Å². The van der Waals surface area contributed by atoms with Gasteiger partial charge in [0.2, 0.25) is 10.0 Å². The molecule has 0 bridgehead atoms. The molecular weight excluding hydrogens is 580 g/mol. The molecule has 2 heterocycles. The third-order valence-corrected chi connectivity index (χ3v) is 8.89. The fourth-order valence-electron chi connectivity index (χ4n) is 4.61. The molecule has 43 heavy (non-hydrogen) atoms. The van der Waals surface area contributed by atoms with Crippen LogP contribution in [-0.4, -0.2) is 89.0 Å². The molecule has 0 aliphatic carbocycles. The van der Waals surface area contributed by atoms with Gasteiger partial charge in [0.25, 0.3) is 5.69 Å². The highest BCUT2D eigenvalue weighted by Crippen LogP contribution is 2.28. The van der Waals surface area contributed by atoms with Crippen LogP contribution in [0.3, 0.4) is 0 Å². The number of non-ortho nitro benzene ring substituents is 1. The summed E-state index contributed by atoms with van der Waals surface area (Å²) in [5, 5.41) is 27.8. The summed E-state index contributed by atoms with van der Waals surface area (Å²) in [7, 11) is -1.92. The molecule has 13 nitrogen and oxygen atoms in total. The Balaban J connectivity index is 0.000000557. The van der Waals surface area contributed by atoms with Crippen molar-refractivity contribution in [1.82, 2.24) is 14.2 Å². The van der Waals surface area contributed by atoms with Gasteiger partial charge in [0.05, 0.1) is 16.4 Å². The largest absolute Gasteiger partial charge is 0.494 e. The zero-order valence-corrected chi connectivity index (χ0v) is 24.4. The number of benzene rings is 2. The zero-order chi connectivity index (χ0) is 31.4. The first kappa shape index (κ1) is 33.1.